The van der Waals surface area contributed by atoms with Crippen molar-refractivity contribution in [2.75, 3.05) is 27.2 Å². The van der Waals surface area contributed by atoms with Gasteiger partial charge in [0, 0.05) is 38.0 Å². The summed E-state index contributed by atoms with van der Waals surface area (Å²) in [5.74, 6) is -0.00502. The van der Waals surface area contributed by atoms with Crippen LogP contribution in [0.25, 0.3) is 0 Å². The molecule has 1 aliphatic heterocycles. The Kier molecular flexibility index (Phi) is 4.93. The molecule has 2 rings (SSSR count). The molecule has 0 atom stereocenters. The zero-order valence-corrected chi connectivity index (χ0v) is 12.0. The van der Waals surface area contributed by atoms with E-state index in [9.17, 15) is 9.59 Å². The van der Waals surface area contributed by atoms with E-state index in [0.717, 1.165) is 6.54 Å². The smallest absolute Gasteiger partial charge is 0.229 e. The van der Waals surface area contributed by atoms with E-state index in [-0.39, 0.29) is 11.8 Å². The number of hydrogen-bond acceptors (Lipinski definition) is 4. The number of imide groups is 1. The summed E-state index contributed by atoms with van der Waals surface area (Å²) < 4.78 is 0. The van der Waals surface area contributed by atoms with Crippen LogP contribution in [0.15, 0.2) is 0 Å². The largest absolute Gasteiger partial charge is 0.317 e. The van der Waals surface area contributed by atoms with E-state index in [1.165, 1.54) is 30.6 Å². The molecule has 19 heavy (non-hydrogen) atoms. The summed E-state index contributed by atoms with van der Waals surface area (Å²) in [6.45, 7) is 1.35. The maximum Gasteiger partial charge on any atom is 0.229 e. The Balaban J connectivity index is 1.74. The molecule has 0 unspecified atom stereocenters. The molecule has 2 aliphatic rings. The Morgan fingerprint density at radius 1 is 1.16 bits per heavy atom. The van der Waals surface area contributed by atoms with Gasteiger partial charge < -0.3 is 10.2 Å². The number of hydrogen-bond donors (Lipinski definition) is 1. The number of likely N-dealkylation sites (N-methyl/N-ethyl adjacent to an activating group) is 1. The van der Waals surface area contributed by atoms with Gasteiger partial charge in [0.15, 0.2) is 0 Å². The van der Waals surface area contributed by atoms with Gasteiger partial charge in [0.25, 0.3) is 0 Å². The van der Waals surface area contributed by atoms with Crippen molar-refractivity contribution in [2.24, 2.45) is 0 Å². The van der Waals surface area contributed by atoms with E-state index in [1.807, 2.05) is 7.05 Å². The van der Waals surface area contributed by atoms with Crippen LogP contribution in [0.2, 0.25) is 0 Å². The molecule has 1 heterocycles. The summed E-state index contributed by atoms with van der Waals surface area (Å²) in [7, 11) is 4.13. The minimum atomic E-state index is -0.00251. The topological polar surface area (TPSA) is 52.6 Å². The molecule has 1 aliphatic carbocycles. The van der Waals surface area contributed by atoms with Crippen LogP contribution in [0.5, 0.6) is 0 Å². The first-order valence-corrected chi connectivity index (χ1v) is 7.32. The molecule has 0 aromatic rings. The highest BCUT2D eigenvalue weighted by atomic mass is 16.2. The van der Waals surface area contributed by atoms with Crippen LogP contribution in [-0.2, 0) is 9.59 Å². The SMILES string of the molecule is CNC1CCC(N(C)CCN2C(=O)CCC2=O)CC1. The maximum absolute atomic E-state index is 11.5. The average Bonchev–Trinajstić information content (AvgIpc) is 2.75. The second-order valence-corrected chi connectivity index (χ2v) is 5.71. The fraction of sp³-hybridized carbons (Fsp3) is 0.857. The van der Waals surface area contributed by atoms with Crippen molar-refractivity contribution >= 4 is 11.8 Å². The normalized spacial score (nSPS) is 28.5. The zero-order chi connectivity index (χ0) is 13.8. The zero-order valence-electron chi connectivity index (χ0n) is 12.0. The lowest BCUT2D eigenvalue weighted by atomic mass is 9.90. The molecule has 2 fully saturated rings. The lowest BCUT2D eigenvalue weighted by Gasteiger charge is -2.35. The third kappa shape index (κ3) is 3.54. The van der Waals surface area contributed by atoms with Gasteiger partial charge in [-0.25, -0.2) is 0 Å². The van der Waals surface area contributed by atoms with Crippen LogP contribution >= 0.6 is 0 Å². The van der Waals surface area contributed by atoms with E-state index in [4.69, 9.17) is 0 Å². The minimum Gasteiger partial charge on any atom is -0.317 e. The van der Waals surface area contributed by atoms with Crippen molar-refractivity contribution in [3.8, 4) is 0 Å². The highest BCUT2D eigenvalue weighted by molar-refractivity contribution is 6.01. The van der Waals surface area contributed by atoms with Gasteiger partial charge in [0.2, 0.25) is 11.8 Å². The molecule has 0 spiro atoms. The summed E-state index contributed by atoms with van der Waals surface area (Å²) in [5.41, 5.74) is 0. The first kappa shape index (κ1) is 14.5. The minimum absolute atomic E-state index is 0.00251. The average molecular weight is 267 g/mol. The number of rotatable bonds is 5. The standard InChI is InChI=1S/C14H25N3O2/c1-15-11-3-5-12(6-4-11)16(2)9-10-17-13(18)7-8-14(17)19/h11-12,15H,3-10H2,1-2H3. The van der Waals surface area contributed by atoms with Gasteiger partial charge in [0.1, 0.15) is 0 Å². The quantitative estimate of drug-likeness (QED) is 0.741. The number of carbonyl (C=O) groups is 2. The molecule has 1 N–H and O–H groups in total. The molecule has 108 valence electrons. The Morgan fingerprint density at radius 2 is 1.74 bits per heavy atom. The summed E-state index contributed by atoms with van der Waals surface area (Å²) in [6.07, 6.45) is 5.62. The van der Waals surface area contributed by atoms with Crippen molar-refractivity contribution in [3.05, 3.63) is 0 Å². The molecule has 5 nitrogen and oxygen atoms in total. The van der Waals surface area contributed by atoms with Gasteiger partial charge in [-0.05, 0) is 39.8 Å². The summed E-state index contributed by atoms with van der Waals surface area (Å²) in [6, 6.07) is 1.25. The van der Waals surface area contributed by atoms with Gasteiger partial charge in [-0.3, -0.25) is 14.5 Å². The monoisotopic (exact) mass is 267 g/mol. The summed E-state index contributed by atoms with van der Waals surface area (Å²) >= 11 is 0. The molecular weight excluding hydrogens is 242 g/mol. The van der Waals surface area contributed by atoms with E-state index in [1.54, 1.807) is 0 Å². The molecule has 1 saturated heterocycles. The van der Waals surface area contributed by atoms with Crippen LogP contribution in [0.1, 0.15) is 38.5 Å². The lowest BCUT2D eigenvalue weighted by molar-refractivity contribution is -0.138. The molecular formula is C14H25N3O2. The molecule has 0 aromatic carbocycles. The highest BCUT2D eigenvalue weighted by Crippen LogP contribution is 2.22. The molecule has 5 heteroatoms. The number of amides is 2. The third-order valence-corrected chi connectivity index (χ3v) is 4.56. The lowest BCUT2D eigenvalue weighted by Crippen LogP contribution is -2.43. The molecule has 0 aromatic heterocycles. The number of nitrogens with one attached hydrogen (secondary N) is 1. The molecule has 1 saturated carbocycles. The number of nitrogens with zero attached hydrogens (tertiary/aromatic N) is 2. The summed E-state index contributed by atoms with van der Waals surface area (Å²) in [5, 5.41) is 3.34. The van der Waals surface area contributed by atoms with Crippen molar-refractivity contribution in [1.29, 1.82) is 0 Å². The predicted octanol–water partition coefficient (Wildman–Crippen LogP) is 0.598. The Bertz CT molecular complexity index is 322. The van der Waals surface area contributed by atoms with Crippen molar-refractivity contribution in [3.63, 3.8) is 0 Å². The first-order chi connectivity index (χ1) is 9.11. The first-order valence-electron chi connectivity index (χ1n) is 7.32. The fourth-order valence-corrected chi connectivity index (χ4v) is 3.12. The van der Waals surface area contributed by atoms with Gasteiger partial charge in [-0.2, -0.15) is 0 Å². The second-order valence-electron chi connectivity index (χ2n) is 5.71. The molecule has 0 radical (unpaired) electrons. The van der Waals surface area contributed by atoms with Gasteiger partial charge in [0.05, 0.1) is 0 Å². The van der Waals surface area contributed by atoms with Gasteiger partial charge in [-0.15, -0.1) is 0 Å². The van der Waals surface area contributed by atoms with Crippen molar-refractivity contribution in [1.82, 2.24) is 15.1 Å². The van der Waals surface area contributed by atoms with Gasteiger partial charge in [-0.1, -0.05) is 0 Å². The van der Waals surface area contributed by atoms with Crippen LogP contribution in [0.3, 0.4) is 0 Å². The Hall–Kier alpha value is -0.940. The van der Waals surface area contributed by atoms with E-state index in [0.29, 0.717) is 31.5 Å². The van der Waals surface area contributed by atoms with Crippen LogP contribution < -0.4 is 5.32 Å². The Labute approximate surface area is 115 Å². The number of carbonyl (C=O) groups excluding carboxylic acids is 2. The maximum atomic E-state index is 11.5. The molecule has 2 amide bonds. The van der Waals surface area contributed by atoms with Crippen LogP contribution in [-0.4, -0.2) is 60.9 Å². The van der Waals surface area contributed by atoms with Crippen LogP contribution in [0, 0.1) is 0 Å². The third-order valence-electron chi connectivity index (χ3n) is 4.56. The fourth-order valence-electron chi connectivity index (χ4n) is 3.12. The van der Waals surface area contributed by atoms with Gasteiger partial charge >= 0.3 is 0 Å². The predicted molar refractivity (Wildman–Crippen MR) is 73.7 cm³/mol. The highest BCUT2D eigenvalue weighted by Gasteiger charge is 2.29. The van der Waals surface area contributed by atoms with E-state index < -0.39 is 0 Å². The van der Waals surface area contributed by atoms with E-state index in [2.05, 4.69) is 17.3 Å². The second kappa shape index (κ2) is 6.48. The summed E-state index contributed by atoms with van der Waals surface area (Å²) in [4.78, 5) is 26.8. The van der Waals surface area contributed by atoms with Crippen molar-refractivity contribution in [2.45, 2.75) is 50.6 Å². The van der Waals surface area contributed by atoms with Crippen molar-refractivity contribution < 1.29 is 9.59 Å². The number of likely N-dealkylation sites (tertiary alicyclic amines) is 1. The van der Waals surface area contributed by atoms with Crippen LogP contribution in [0.4, 0.5) is 0 Å². The Morgan fingerprint density at radius 3 is 2.26 bits per heavy atom. The van der Waals surface area contributed by atoms with E-state index >= 15 is 0 Å². The molecule has 0 bridgehead atoms.